The van der Waals surface area contributed by atoms with Crippen LogP contribution in [-0.4, -0.2) is 97.0 Å². The minimum atomic E-state index is -0.987. The molecule has 3 fully saturated rings. The molecule has 1 saturated carbocycles. The first-order valence-electron chi connectivity index (χ1n) is 22.4. The Hall–Kier alpha value is -6.68. The van der Waals surface area contributed by atoms with Crippen LogP contribution >= 0.6 is 0 Å². The Labute approximate surface area is 370 Å². The predicted octanol–water partition coefficient (Wildman–Crippen LogP) is 6.00. The van der Waals surface area contributed by atoms with Crippen LogP contribution < -0.4 is 20.9 Å². The molecule has 5 aromatic rings. The van der Waals surface area contributed by atoms with Crippen molar-refractivity contribution < 1.29 is 28.7 Å². The summed E-state index contributed by atoms with van der Waals surface area (Å²) in [5.74, 6) is -0.633. The molecule has 0 bridgehead atoms. The second-order valence-corrected chi connectivity index (χ2v) is 17.9. The van der Waals surface area contributed by atoms with Crippen molar-refractivity contribution in [3.8, 4) is 0 Å². The van der Waals surface area contributed by atoms with E-state index < -0.39 is 29.7 Å². The van der Waals surface area contributed by atoms with Crippen molar-refractivity contribution >= 4 is 69.4 Å². The molecule has 10 rings (SSSR count). The molecule has 5 amide bonds. The first-order valence-corrected chi connectivity index (χ1v) is 22.4. The molecule has 2 aromatic heterocycles. The maximum absolute atomic E-state index is 13.9. The van der Waals surface area contributed by atoms with Gasteiger partial charge in [-0.1, -0.05) is 24.3 Å². The zero-order valence-electron chi connectivity index (χ0n) is 36.4. The molecule has 64 heavy (non-hydrogen) atoms. The average Bonchev–Trinajstić information content (AvgIpc) is 3.74. The van der Waals surface area contributed by atoms with Gasteiger partial charge in [-0.3, -0.25) is 34.2 Å². The van der Waals surface area contributed by atoms with E-state index in [1.807, 2.05) is 30.1 Å². The lowest BCUT2D eigenvalue weighted by molar-refractivity contribution is -0.139. The normalized spacial score (nSPS) is 21.5. The number of fused-ring (bicyclic) bond motifs is 3. The Balaban J connectivity index is 0.700. The van der Waals surface area contributed by atoms with Gasteiger partial charge in [-0.05, 0) is 118 Å². The molecule has 2 saturated heterocycles. The predicted molar refractivity (Wildman–Crippen MR) is 240 cm³/mol. The van der Waals surface area contributed by atoms with Crippen LogP contribution in [0.4, 0.5) is 28.8 Å². The van der Waals surface area contributed by atoms with E-state index in [0.717, 1.165) is 102 Å². The quantitative estimate of drug-likeness (QED) is 0.147. The standard InChI is InChI=1S/C48H52N10O6/c1-27-5-4-6-28(2)41(27)52-42-38-25-49-48(53-43(38)55(3)54-42)50-32-10-7-29-17-20-57(26-31(29)23-32)45(61)30-8-12-34(13-9-30)64-35-18-21-56(22-19-35)33-11-14-36-37(24-33)47(63)58(46(36)62)39-15-16-40(59)51-44(39)60/h4-7,10-11,14,23-25,30,34-35,39H,8-9,12-13,15-22,26H2,1-3H3,(H,52,54)(H,49,50,53)(H,51,59,60). The number of rotatable bonds is 9. The summed E-state index contributed by atoms with van der Waals surface area (Å²) in [4.78, 5) is 79.2. The van der Waals surface area contributed by atoms with Gasteiger partial charge in [0.2, 0.25) is 23.7 Å². The van der Waals surface area contributed by atoms with Crippen molar-refractivity contribution in [1.29, 1.82) is 0 Å². The molecule has 5 aliphatic rings. The van der Waals surface area contributed by atoms with E-state index in [1.54, 1.807) is 23.0 Å². The average molecular weight is 865 g/mol. The molecule has 6 heterocycles. The van der Waals surface area contributed by atoms with Crippen molar-refractivity contribution in [2.75, 3.05) is 35.2 Å². The minimum absolute atomic E-state index is 0.0157. The van der Waals surface area contributed by atoms with E-state index in [1.165, 1.54) is 5.56 Å². The summed E-state index contributed by atoms with van der Waals surface area (Å²) in [6, 6.07) is 16.8. The first-order chi connectivity index (χ1) is 31.0. The topological polar surface area (TPSA) is 184 Å². The van der Waals surface area contributed by atoms with E-state index >= 15 is 0 Å². The van der Waals surface area contributed by atoms with Crippen molar-refractivity contribution in [1.82, 2.24) is 34.9 Å². The highest BCUT2D eigenvalue weighted by molar-refractivity contribution is 6.23. The summed E-state index contributed by atoms with van der Waals surface area (Å²) in [6.07, 6.45) is 8.01. The van der Waals surface area contributed by atoms with Crippen LogP contribution in [0.15, 0.2) is 60.8 Å². The number of anilines is 5. The third-order valence-electron chi connectivity index (χ3n) is 13.7. The number of imide groups is 2. The van der Waals surface area contributed by atoms with Crippen molar-refractivity contribution in [2.24, 2.45) is 13.0 Å². The van der Waals surface area contributed by atoms with Gasteiger partial charge in [0.1, 0.15) is 6.04 Å². The van der Waals surface area contributed by atoms with Gasteiger partial charge in [0.05, 0.1) is 28.7 Å². The Morgan fingerprint density at radius 3 is 2.31 bits per heavy atom. The number of nitrogens with one attached hydrogen (secondary N) is 3. The fraction of sp³-hybridized carbons (Fsp3) is 0.417. The molecule has 16 nitrogen and oxygen atoms in total. The van der Waals surface area contributed by atoms with Gasteiger partial charge in [0.25, 0.3) is 11.8 Å². The van der Waals surface area contributed by atoms with Gasteiger partial charge >= 0.3 is 0 Å². The number of aromatic nitrogens is 4. The summed E-state index contributed by atoms with van der Waals surface area (Å²) in [7, 11) is 1.88. The number of carbonyl (C=O) groups excluding carboxylic acids is 5. The summed E-state index contributed by atoms with van der Waals surface area (Å²) < 4.78 is 8.38. The number of hydrogen-bond donors (Lipinski definition) is 3. The van der Waals surface area contributed by atoms with Gasteiger partial charge in [0.15, 0.2) is 11.5 Å². The zero-order chi connectivity index (χ0) is 44.2. The Kier molecular flexibility index (Phi) is 10.8. The number of ether oxygens (including phenoxy) is 1. The molecule has 3 aromatic carbocycles. The van der Waals surface area contributed by atoms with Gasteiger partial charge < -0.3 is 25.2 Å². The number of carbonyl (C=O) groups is 5. The number of amides is 5. The molecule has 330 valence electrons. The molecule has 1 unspecified atom stereocenters. The van der Waals surface area contributed by atoms with E-state index in [0.29, 0.717) is 30.5 Å². The van der Waals surface area contributed by atoms with E-state index in [-0.39, 0.29) is 48.0 Å². The second kappa shape index (κ2) is 16.8. The highest BCUT2D eigenvalue weighted by Crippen LogP contribution is 2.35. The van der Waals surface area contributed by atoms with Crippen molar-refractivity contribution in [2.45, 2.75) is 96.4 Å². The largest absolute Gasteiger partial charge is 0.375 e. The monoisotopic (exact) mass is 864 g/mol. The number of aryl methyl sites for hydroxylation is 3. The Bertz CT molecular complexity index is 2700. The fourth-order valence-corrected chi connectivity index (χ4v) is 10.2. The minimum Gasteiger partial charge on any atom is -0.375 e. The number of piperidine rings is 2. The summed E-state index contributed by atoms with van der Waals surface area (Å²) in [6.45, 7) is 6.90. The number of nitrogens with zero attached hydrogens (tertiary/aromatic N) is 7. The van der Waals surface area contributed by atoms with Crippen molar-refractivity contribution in [3.05, 3.63) is 94.2 Å². The third kappa shape index (κ3) is 7.84. The van der Waals surface area contributed by atoms with Gasteiger partial charge in [-0.2, -0.15) is 10.1 Å². The second-order valence-electron chi connectivity index (χ2n) is 17.9. The van der Waals surface area contributed by atoms with Gasteiger partial charge in [0, 0.05) is 68.8 Å². The Morgan fingerprint density at radius 2 is 1.55 bits per heavy atom. The molecule has 16 heteroatoms. The zero-order valence-corrected chi connectivity index (χ0v) is 36.4. The first kappa shape index (κ1) is 41.3. The molecule has 0 radical (unpaired) electrons. The lowest BCUT2D eigenvalue weighted by Gasteiger charge is -2.38. The lowest BCUT2D eigenvalue weighted by Crippen LogP contribution is -2.54. The molecule has 3 N–H and O–H groups in total. The van der Waals surface area contributed by atoms with Crippen LogP contribution in [0.1, 0.15) is 94.3 Å². The summed E-state index contributed by atoms with van der Waals surface area (Å²) >= 11 is 0. The molecule has 4 aliphatic heterocycles. The smallest absolute Gasteiger partial charge is 0.262 e. The summed E-state index contributed by atoms with van der Waals surface area (Å²) in [5.41, 5.74) is 8.66. The van der Waals surface area contributed by atoms with Crippen LogP contribution in [0.2, 0.25) is 0 Å². The SMILES string of the molecule is Cc1cccc(C)c1Nc1nn(C)c2nc(Nc3ccc4c(c3)CN(C(=O)C3CCC(OC5CCN(c6ccc7c(c6)C(=O)N(C6CCC(=O)NC6=O)C7=O)CC5)CC3)CC4)ncc12. The molecule has 1 atom stereocenters. The van der Waals surface area contributed by atoms with E-state index in [9.17, 15) is 24.0 Å². The highest BCUT2D eigenvalue weighted by Gasteiger charge is 2.45. The number of hydrogen-bond acceptors (Lipinski definition) is 12. The third-order valence-corrected chi connectivity index (χ3v) is 13.7. The van der Waals surface area contributed by atoms with E-state index in [4.69, 9.17) is 14.8 Å². The number of para-hydroxylation sites is 1. The van der Waals surface area contributed by atoms with Gasteiger partial charge in [-0.15, -0.1) is 0 Å². The summed E-state index contributed by atoms with van der Waals surface area (Å²) in [5, 5.41) is 14.6. The van der Waals surface area contributed by atoms with Crippen LogP contribution in [0.25, 0.3) is 11.0 Å². The van der Waals surface area contributed by atoms with E-state index in [2.05, 4.69) is 63.9 Å². The molecule has 0 spiro atoms. The van der Waals surface area contributed by atoms with Crippen LogP contribution in [0.5, 0.6) is 0 Å². The van der Waals surface area contributed by atoms with Gasteiger partial charge in [-0.25, -0.2) is 9.67 Å². The van der Waals surface area contributed by atoms with Crippen molar-refractivity contribution in [3.63, 3.8) is 0 Å². The Morgan fingerprint density at radius 1 is 0.797 bits per heavy atom. The molecular formula is C48H52N10O6. The fourth-order valence-electron chi connectivity index (χ4n) is 10.2. The van der Waals surface area contributed by atoms with Crippen LogP contribution in [0, 0.1) is 19.8 Å². The molecule has 1 aliphatic carbocycles. The maximum atomic E-state index is 13.9. The lowest BCUT2D eigenvalue weighted by atomic mass is 9.85. The van der Waals surface area contributed by atoms with Crippen LogP contribution in [0.3, 0.4) is 0 Å². The van der Waals surface area contributed by atoms with Crippen LogP contribution in [-0.2, 0) is 39.1 Å². The molecular weight excluding hydrogens is 813 g/mol. The maximum Gasteiger partial charge on any atom is 0.262 e. The number of benzene rings is 3. The highest BCUT2D eigenvalue weighted by atomic mass is 16.5.